The number of hydrogen-bond acceptors (Lipinski definition) is 5. The number of nitrogens with one attached hydrogen (secondary N) is 1. The van der Waals surface area contributed by atoms with Gasteiger partial charge >= 0.3 is 0 Å². The van der Waals surface area contributed by atoms with Crippen LogP contribution in [0.1, 0.15) is 35.2 Å². The number of anilines is 1. The lowest BCUT2D eigenvalue weighted by atomic mass is 10.2. The quantitative estimate of drug-likeness (QED) is 0.417. The standard InChI is InChI=1S/C26H26N4O4S/c1-19-6-5-7-21(16-19)34-24-10-9-22(35(32,33)30-13-3-2-4-14-30)17-23(24)28-26(31)20-8-11-25-27-12-15-29(25)18-20/h5-12,15-18H,2-4,13-14H2,1H3,(H,28,31). The van der Waals surface area contributed by atoms with Gasteiger partial charge in [0.25, 0.3) is 5.91 Å². The van der Waals surface area contributed by atoms with E-state index < -0.39 is 10.0 Å². The van der Waals surface area contributed by atoms with Crippen molar-refractivity contribution in [1.82, 2.24) is 13.7 Å². The molecule has 0 aliphatic carbocycles. The third kappa shape index (κ3) is 4.91. The summed E-state index contributed by atoms with van der Waals surface area (Å²) >= 11 is 0. The number of amides is 1. The van der Waals surface area contributed by atoms with Crippen LogP contribution >= 0.6 is 0 Å². The molecule has 0 atom stereocenters. The first-order valence-corrected chi connectivity index (χ1v) is 13.0. The monoisotopic (exact) mass is 490 g/mol. The summed E-state index contributed by atoms with van der Waals surface area (Å²) in [6.07, 6.45) is 7.79. The maximum absolute atomic E-state index is 13.3. The van der Waals surface area contributed by atoms with Crippen LogP contribution in [0.2, 0.25) is 0 Å². The molecule has 2 aromatic carbocycles. The van der Waals surface area contributed by atoms with Crippen LogP contribution in [0.4, 0.5) is 5.69 Å². The highest BCUT2D eigenvalue weighted by Crippen LogP contribution is 2.34. The molecule has 9 heteroatoms. The lowest BCUT2D eigenvalue weighted by Crippen LogP contribution is -2.35. The van der Waals surface area contributed by atoms with Crippen molar-refractivity contribution in [2.75, 3.05) is 18.4 Å². The Morgan fingerprint density at radius 3 is 2.66 bits per heavy atom. The minimum atomic E-state index is -3.69. The van der Waals surface area contributed by atoms with Crippen LogP contribution in [0.5, 0.6) is 11.5 Å². The zero-order valence-corrected chi connectivity index (χ0v) is 20.2. The van der Waals surface area contributed by atoms with Gasteiger partial charge in [0.1, 0.15) is 11.4 Å². The number of carbonyl (C=O) groups excluding carboxylic acids is 1. The fraction of sp³-hybridized carbons (Fsp3) is 0.231. The number of pyridine rings is 1. The van der Waals surface area contributed by atoms with Crippen LogP contribution in [0.3, 0.4) is 0 Å². The van der Waals surface area contributed by atoms with Crippen molar-refractivity contribution in [1.29, 1.82) is 0 Å². The number of fused-ring (bicyclic) bond motifs is 1. The molecule has 1 fully saturated rings. The van der Waals surface area contributed by atoms with Crippen LogP contribution < -0.4 is 10.1 Å². The van der Waals surface area contributed by atoms with Gasteiger partial charge in [0, 0.05) is 31.7 Å². The van der Waals surface area contributed by atoms with Crippen LogP contribution in [0.15, 0.2) is 78.1 Å². The lowest BCUT2D eigenvalue weighted by Gasteiger charge is -2.26. The molecule has 0 saturated carbocycles. The largest absolute Gasteiger partial charge is 0.455 e. The predicted octanol–water partition coefficient (Wildman–Crippen LogP) is 4.86. The van der Waals surface area contributed by atoms with Gasteiger partial charge in [0.2, 0.25) is 10.0 Å². The van der Waals surface area contributed by atoms with Gasteiger partial charge in [-0.05, 0) is 67.8 Å². The number of rotatable bonds is 6. The zero-order chi connectivity index (χ0) is 24.4. The molecule has 180 valence electrons. The minimum absolute atomic E-state index is 0.122. The Kier molecular flexibility index (Phi) is 6.27. The molecule has 8 nitrogen and oxygen atoms in total. The third-order valence-corrected chi connectivity index (χ3v) is 7.91. The highest BCUT2D eigenvalue weighted by Gasteiger charge is 2.27. The molecule has 0 unspecified atom stereocenters. The van der Waals surface area contributed by atoms with Gasteiger partial charge in [0.05, 0.1) is 16.1 Å². The Balaban J connectivity index is 1.50. The molecular weight excluding hydrogens is 464 g/mol. The fourth-order valence-corrected chi connectivity index (χ4v) is 5.71. The van der Waals surface area contributed by atoms with E-state index in [2.05, 4.69) is 10.3 Å². The van der Waals surface area contributed by atoms with Gasteiger partial charge in [0.15, 0.2) is 5.75 Å². The van der Waals surface area contributed by atoms with E-state index in [1.807, 2.05) is 31.2 Å². The Hall–Kier alpha value is -3.69. The Bertz CT molecular complexity index is 1490. The predicted molar refractivity (Wildman–Crippen MR) is 133 cm³/mol. The Morgan fingerprint density at radius 2 is 1.86 bits per heavy atom. The molecule has 35 heavy (non-hydrogen) atoms. The second kappa shape index (κ2) is 9.52. The van der Waals surface area contributed by atoms with Crippen molar-refractivity contribution in [3.05, 3.63) is 84.3 Å². The molecular formula is C26H26N4O4S. The van der Waals surface area contributed by atoms with Crippen molar-refractivity contribution in [3.8, 4) is 11.5 Å². The normalized spacial score (nSPS) is 14.7. The molecule has 4 aromatic rings. The van der Waals surface area contributed by atoms with E-state index in [1.165, 1.54) is 16.4 Å². The highest BCUT2D eigenvalue weighted by atomic mass is 32.2. The first-order chi connectivity index (χ1) is 16.9. The Morgan fingerprint density at radius 1 is 1.03 bits per heavy atom. The fourth-order valence-electron chi connectivity index (χ4n) is 4.17. The van der Waals surface area contributed by atoms with Crippen molar-refractivity contribution < 1.29 is 17.9 Å². The van der Waals surface area contributed by atoms with Crippen molar-refractivity contribution in [2.24, 2.45) is 0 Å². The molecule has 1 N–H and O–H groups in total. The molecule has 1 aliphatic rings. The van der Waals surface area contributed by atoms with E-state index in [0.29, 0.717) is 30.2 Å². The summed E-state index contributed by atoms with van der Waals surface area (Å²) in [6.45, 7) is 2.95. The molecule has 0 spiro atoms. The van der Waals surface area contributed by atoms with Gasteiger partial charge in [-0.25, -0.2) is 13.4 Å². The maximum atomic E-state index is 13.3. The second-order valence-corrected chi connectivity index (χ2v) is 10.5. The molecule has 0 radical (unpaired) electrons. The summed E-state index contributed by atoms with van der Waals surface area (Å²) in [7, 11) is -3.69. The van der Waals surface area contributed by atoms with Gasteiger partial charge in [-0.15, -0.1) is 0 Å². The topological polar surface area (TPSA) is 93.0 Å². The molecule has 3 heterocycles. The van der Waals surface area contributed by atoms with Gasteiger partial charge < -0.3 is 14.5 Å². The number of ether oxygens (including phenoxy) is 1. The number of aromatic nitrogens is 2. The summed E-state index contributed by atoms with van der Waals surface area (Å²) in [6, 6.07) is 15.5. The van der Waals surface area contributed by atoms with Crippen LogP contribution in [-0.2, 0) is 10.0 Å². The van der Waals surface area contributed by atoms with Crippen molar-refractivity contribution in [2.45, 2.75) is 31.1 Å². The van der Waals surface area contributed by atoms with Gasteiger partial charge in [-0.3, -0.25) is 4.79 Å². The molecule has 1 amide bonds. The van der Waals surface area contributed by atoms with Crippen molar-refractivity contribution in [3.63, 3.8) is 0 Å². The number of carbonyl (C=O) groups is 1. The highest BCUT2D eigenvalue weighted by molar-refractivity contribution is 7.89. The average molecular weight is 491 g/mol. The molecule has 1 saturated heterocycles. The summed E-state index contributed by atoms with van der Waals surface area (Å²) in [5, 5.41) is 2.85. The van der Waals surface area contributed by atoms with E-state index in [4.69, 9.17) is 4.74 Å². The summed E-state index contributed by atoms with van der Waals surface area (Å²) < 4.78 is 35.9. The number of imidazole rings is 1. The van der Waals surface area contributed by atoms with E-state index >= 15 is 0 Å². The maximum Gasteiger partial charge on any atom is 0.257 e. The van der Waals surface area contributed by atoms with Gasteiger partial charge in [-0.2, -0.15) is 4.31 Å². The average Bonchev–Trinajstić information content (AvgIpc) is 3.33. The van der Waals surface area contributed by atoms with Crippen LogP contribution in [-0.4, -0.2) is 41.1 Å². The molecule has 5 rings (SSSR count). The summed E-state index contributed by atoms with van der Waals surface area (Å²) in [5.74, 6) is 0.555. The minimum Gasteiger partial charge on any atom is -0.455 e. The summed E-state index contributed by atoms with van der Waals surface area (Å²) in [4.78, 5) is 17.5. The molecule has 2 aromatic heterocycles. The van der Waals surface area contributed by atoms with E-state index in [-0.39, 0.29) is 16.5 Å². The van der Waals surface area contributed by atoms with E-state index in [9.17, 15) is 13.2 Å². The number of aryl methyl sites for hydroxylation is 1. The third-order valence-electron chi connectivity index (χ3n) is 6.02. The summed E-state index contributed by atoms with van der Waals surface area (Å²) in [5.41, 5.74) is 2.42. The first-order valence-electron chi connectivity index (χ1n) is 11.5. The molecule has 0 bridgehead atoms. The molecule has 1 aliphatic heterocycles. The SMILES string of the molecule is Cc1cccc(Oc2ccc(S(=O)(=O)N3CCCCC3)cc2NC(=O)c2ccc3nccn3c2)c1. The smallest absolute Gasteiger partial charge is 0.257 e. The zero-order valence-electron chi connectivity index (χ0n) is 19.3. The number of sulfonamides is 1. The number of hydrogen-bond donors (Lipinski definition) is 1. The Labute approximate surface area is 204 Å². The first kappa shape index (κ1) is 23.1. The lowest BCUT2D eigenvalue weighted by molar-refractivity contribution is 0.102. The van der Waals surface area contributed by atoms with Crippen molar-refractivity contribution >= 4 is 27.3 Å². The van der Waals surface area contributed by atoms with Gasteiger partial charge in [-0.1, -0.05) is 18.6 Å². The number of nitrogens with zero attached hydrogens (tertiary/aromatic N) is 3. The second-order valence-electron chi connectivity index (χ2n) is 8.61. The van der Waals surface area contributed by atoms with E-state index in [0.717, 1.165) is 30.5 Å². The van der Waals surface area contributed by atoms with E-state index in [1.54, 1.807) is 41.2 Å². The van der Waals surface area contributed by atoms with Crippen LogP contribution in [0.25, 0.3) is 5.65 Å². The number of benzene rings is 2. The number of piperidine rings is 1. The van der Waals surface area contributed by atoms with Crippen LogP contribution in [0, 0.1) is 6.92 Å².